The molecule has 0 aliphatic carbocycles. The highest BCUT2D eigenvalue weighted by atomic mass is 32.2. The number of alkyl halides is 2. The SMILES string of the molecule is CS(=O)(=O)c1ccc(C(O)CNCCOCC(F)F)cc1. The maximum absolute atomic E-state index is 11.8. The maximum Gasteiger partial charge on any atom is 0.261 e. The second-order valence-corrected chi connectivity index (χ2v) is 6.54. The van der Waals surface area contributed by atoms with E-state index in [2.05, 4.69) is 10.1 Å². The standard InChI is InChI=1S/C13H19F2NO4S/c1-21(18,19)11-4-2-10(3-5-11)12(17)8-16-6-7-20-9-13(14)15/h2-5,12-13,16-17H,6-9H2,1H3. The van der Waals surface area contributed by atoms with Crippen LogP contribution in [0.25, 0.3) is 0 Å². The van der Waals surface area contributed by atoms with E-state index in [4.69, 9.17) is 0 Å². The van der Waals surface area contributed by atoms with Crippen LogP contribution in [0.4, 0.5) is 8.78 Å². The summed E-state index contributed by atoms with van der Waals surface area (Å²) in [5.74, 6) is 0. The Morgan fingerprint density at radius 2 is 1.90 bits per heavy atom. The molecule has 0 aliphatic heterocycles. The zero-order valence-electron chi connectivity index (χ0n) is 11.6. The summed E-state index contributed by atoms with van der Waals surface area (Å²) in [5.41, 5.74) is 0.573. The van der Waals surface area contributed by atoms with E-state index >= 15 is 0 Å². The number of hydrogen-bond acceptors (Lipinski definition) is 5. The van der Waals surface area contributed by atoms with Crippen LogP contribution < -0.4 is 5.32 Å². The third-order valence-electron chi connectivity index (χ3n) is 2.70. The summed E-state index contributed by atoms with van der Waals surface area (Å²) in [6.45, 7) is 0.0860. The molecule has 1 rings (SSSR count). The molecule has 1 unspecified atom stereocenters. The predicted molar refractivity (Wildman–Crippen MR) is 74.2 cm³/mol. The molecule has 0 bridgehead atoms. The Morgan fingerprint density at radius 1 is 1.29 bits per heavy atom. The van der Waals surface area contributed by atoms with Gasteiger partial charge in [0.15, 0.2) is 9.84 Å². The Balaban J connectivity index is 2.34. The van der Waals surface area contributed by atoms with Crippen molar-refractivity contribution in [2.45, 2.75) is 17.4 Å². The van der Waals surface area contributed by atoms with Crippen molar-refractivity contribution in [3.8, 4) is 0 Å². The van der Waals surface area contributed by atoms with Gasteiger partial charge in [-0.2, -0.15) is 0 Å². The van der Waals surface area contributed by atoms with Crippen molar-refractivity contribution in [3.63, 3.8) is 0 Å². The average molecular weight is 323 g/mol. The molecule has 1 aromatic rings. The lowest BCUT2D eigenvalue weighted by molar-refractivity contribution is 0.0181. The van der Waals surface area contributed by atoms with E-state index in [1.165, 1.54) is 24.3 Å². The molecule has 120 valence electrons. The van der Waals surface area contributed by atoms with Gasteiger partial charge in [-0.3, -0.25) is 0 Å². The first-order valence-electron chi connectivity index (χ1n) is 6.35. The molecule has 0 fully saturated rings. The van der Waals surface area contributed by atoms with Crippen LogP contribution in [-0.4, -0.2) is 52.5 Å². The van der Waals surface area contributed by atoms with Gasteiger partial charge in [0.1, 0.15) is 6.61 Å². The predicted octanol–water partition coefficient (Wildman–Crippen LogP) is 0.995. The van der Waals surface area contributed by atoms with Gasteiger partial charge in [-0.25, -0.2) is 17.2 Å². The van der Waals surface area contributed by atoms with Crippen molar-refractivity contribution in [2.75, 3.05) is 32.6 Å². The van der Waals surface area contributed by atoms with Crippen LogP contribution in [0, 0.1) is 0 Å². The van der Waals surface area contributed by atoms with E-state index in [9.17, 15) is 22.3 Å². The van der Waals surface area contributed by atoms with Gasteiger partial charge in [0.25, 0.3) is 6.43 Å². The normalized spacial score (nSPS) is 13.6. The minimum Gasteiger partial charge on any atom is -0.387 e. The Bertz CT molecular complexity index is 519. The minimum atomic E-state index is -3.25. The van der Waals surface area contributed by atoms with E-state index in [1.807, 2.05) is 0 Å². The van der Waals surface area contributed by atoms with Gasteiger partial charge in [-0.05, 0) is 17.7 Å². The lowest BCUT2D eigenvalue weighted by Gasteiger charge is -2.12. The number of nitrogens with one attached hydrogen (secondary N) is 1. The third-order valence-corrected chi connectivity index (χ3v) is 3.83. The molecule has 1 aromatic carbocycles. The van der Waals surface area contributed by atoms with Gasteiger partial charge in [0.2, 0.25) is 0 Å². The molecule has 8 heteroatoms. The largest absolute Gasteiger partial charge is 0.387 e. The Hall–Kier alpha value is -1.09. The second kappa shape index (κ2) is 8.38. The first-order chi connectivity index (χ1) is 9.80. The summed E-state index contributed by atoms with van der Waals surface area (Å²) in [7, 11) is -3.25. The van der Waals surface area contributed by atoms with Gasteiger partial charge in [-0.15, -0.1) is 0 Å². The molecular formula is C13H19F2NO4S. The van der Waals surface area contributed by atoms with Crippen molar-refractivity contribution in [3.05, 3.63) is 29.8 Å². The molecule has 0 saturated heterocycles. The van der Waals surface area contributed by atoms with Crippen LogP contribution in [0.15, 0.2) is 29.2 Å². The van der Waals surface area contributed by atoms with Gasteiger partial charge < -0.3 is 15.2 Å². The van der Waals surface area contributed by atoms with Crippen molar-refractivity contribution in [1.82, 2.24) is 5.32 Å². The van der Waals surface area contributed by atoms with Crippen molar-refractivity contribution in [1.29, 1.82) is 0 Å². The fourth-order valence-electron chi connectivity index (χ4n) is 1.61. The fraction of sp³-hybridized carbons (Fsp3) is 0.538. The summed E-state index contributed by atoms with van der Waals surface area (Å²) in [4.78, 5) is 0.187. The zero-order valence-corrected chi connectivity index (χ0v) is 12.4. The summed E-state index contributed by atoms with van der Waals surface area (Å²) in [6.07, 6.45) is -2.18. The number of rotatable bonds is 9. The molecule has 0 radical (unpaired) electrons. The average Bonchev–Trinajstić information content (AvgIpc) is 2.41. The highest BCUT2D eigenvalue weighted by molar-refractivity contribution is 7.90. The number of aliphatic hydroxyl groups excluding tert-OH is 1. The van der Waals surface area contributed by atoms with Gasteiger partial charge in [0.05, 0.1) is 17.6 Å². The van der Waals surface area contributed by atoms with Crippen LogP contribution >= 0.6 is 0 Å². The highest BCUT2D eigenvalue weighted by Gasteiger charge is 2.10. The summed E-state index contributed by atoms with van der Waals surface area (Å²) in [6, 6.07) is 5.94. The van der Waals surface area contributed by atoms with Crippen LogP contribution in [0.1, 0.15) is 11.7 Å². The van der Waals surface area contributed by atoms with E-state index in [0.29, 0.717) is 12.1 Å². The van der Waals surface area contributed by atoms with Crippen LogP contribution in [0.3, 0.4) is 0 Å². The van der Waals surface area contributed by atoms with Crippen molar-refractivity contribution < 1.29 is 27.0 Å². The smallest absolute Gasteiger partial charge is 0.261 e. The Kier molecular flexibility index (Phi) is 7.16. The zero-order chi connectivity index (χ0) is 15.9. The number of aliphatic hydroxyl groups is 1. The summed E-state index contributed by atoms with van der Waals surface area (Å²) in [5, 5.41) is 12.8. The first kappa shape index (κ1) is 18.0. The molecule has 21 heavy (non-hydrogen) atoms. The molecule has 5 nitrogen and oxygen atoms in total. The third kappa shape index (κ3) is 6.94. The van der Waals surface area contributed by atoms with Gasteiger partial charge in [0, 0.05) is 19.3 Å². The van der Waals surface area contributed by atoms with E-state index in [0.717, 1.165) is 6.26 Å². The lowest BCUT2D eigenvalue weighted by atomic mass is 10.1. The van der Waals surface area contributed by atoms with E-state index < -0.39 is 29.0 Å². The van der Waals surface area contributed by atoms with Crippen molar-refractivity contribution in [2.24, 2.45) is 0 Å². The minimum absolute atomic E-state index is 0.129. The van der Waals surface area contributed by atoms with Crippen molar-refractivity contribution >= 4 is 9.84 Å². The van der Waals surface area contributed by atoms with Crippen LogP contribution in [-0.2, 0) is 14.6 Å². The van der Waals surface area contributed by atoms with Crippen LogP contribution in [0.2, 0.25) is 0 Å². The summed E-state index contributed by atoms with van der Waals surface area (Å²) >= 11 is 0. The fourth-order valence-corrected chi connectivity index (χ4v) is 2.24. The number of ether oxygens (including phenoxy) is 1. The molecular weight excluding hydrogens is 304 g/mol. The Labute approximate surface area is 122 Å². The molecule has 0 spiro atoms. The topological polar surface area (TPSA) is 75.6 Å². The van der Waals surface area contributed by atoms with Gasteiger partial charge >= 0.3 is 0 Å². The molecule has 0 heterocycles. The molecule has 1 atom stereocenters. The molecule has 0 aromatic heterocycles. The first-order valence-corrected chi connectivity index (χ1v) is 8.24. The highest BCUT2D eigenvalue weighted by Crippen LogP contribution is 2.15. The van der Waals surface area contributed by atoms with Gasteiger partial charge in [-0.1, -0.05) is 12.1 Å². The molecule has 0 saturated carbocycles. The Morgan fingerprint density at radius 3 is 2.43 bits per heavy atom. The second-order valence-electron chi connectivity index (χ2n) is 4.53. The number of halogens is 2. The molecule has 0 aliphatic rings. The number of sulfone groups is 1. The molecule has 2 N–H and O–H groups in total. The molecule has 0 amide bonds. The maximum atomic E-state index is 11.8. The monoisotopic (exact) mass is 323 g/mol. The quantitative estimate of drug-likeness (QED) is 0.663. The lowest BCUT2D eigenvalue weighted by Crippen LogP contribution is -2.26. The number of hydrogen-bond donors (Lipinski definition) is 2. The van der Waals surface area contributed by atoms with E-state index in [1.54, 1.807) is 0 Å². The number of benzene rings is 1. The summed E-state index contributed by atoms with van der Waals surface area (Å²) < 4.78 is 50.8. The van der Waals surface area contributed by atoms with E-state index in [-0.39, 0.29) is 18.0 Å². The van der Waals surface area contributed by atoms with Crippen LogP contribution in [0.5, 0.6) is 0 Å².